The summed E-state index contributed by atoms with van der Waals surface area (Å²) in [6.45, 7) is 3.66. The molecule has 1 saturated heterocycles. The van der Waals surface area contributed by atoms with Gasteiger partial charge in [-0.25, -0.2) is 0 Å². The summed E-state index contributed by atoms with van der Waals surface area (Å²) in [4.78, 5) is 25.8. The lowest BCUT2D eigenvalue weighted by Gasteiger charge is -2.20. The van der Waals surface area contributed by atoms with Crippen LogP contribution in [0.5, 0.6) is 0 Å². The molecule has 0 spiro atoms. The van der Waals surface area contributed by atoms with Crippen molar-refractivity contribution in [3.8, 4) is 0 Å². The minimum Gasteiger partial charge on any atom is -0.369 e. The van der Waals surface area contributed by atoms with E-state index in [1.54, 1.807) is 18.2 Å². The van der Waals surface area contributed by atoms with Crippen LogP contribution < -0.4 is 11.1 Å². The van der Waals surface area contributed by atoms with Crippen LogP contribution in [-0.2, 0) is 4.79 Å². The quantitative estimate of drug-likeness (QED) is 0.857. The zero-order valence-corrected chi connectivity index (χ0v) is 14.0. The number of nitrogens with two attached hydrogens (primary N) is 1. The van der Waals surface area contributed by atoms with Gasteiger partial charge in [-0.05, 0) is 55.4 Å². The zero-order chi connectivity index (χ0) is 16.6. The molecule has 0 unspecified atom stereocenters. The molecule has 23 heavy (non-hydrogen) atoms. The number of carbonyl (C=O) groups excluding carboxylic acids is 2. The van der Waals surface area contributed by atoms with Gasteiger partial charge in [-0.1, -0.05) is 11.6 Å². The molecule has 1 saturated carbocycles. The molecule has 124 valence electrons. The summed E-state index contributed by atoms with van der Waals surface area (Å²) in [5, 5.41) is 3.78. The van der Waals surface area contributed by atoms with Crippen LogP contribution in [0.3, 0.4) is 0 Å². The molecule has 1 aromatic carbocycles. The molecule has 6 heteroatoms. The van der Waals surface area contributed by atoms with Crippen LogP contribution in [-0.4, -0.2) is 42.4 Å². The molecule has 0 aromatic heterocycles. The minimum absolute atomic E-state index is 0.0734. The number of halogens is 1. The number of hydrogen-bond acceptors (Lipinski definition) is 3. The Morgan fingerprint density at radius 3 is 2.70 bits per heavy atom. The molecule has 1 aliphatic carbocycles. The van der Waals surface area contributed by atoms with Crippen molar-refractivity contribution in [1.82, 2.24) is 10.2 Å². The molecule has 1 aromatic rings. The van der Waals surface area contributed by atoms with Gasteiger partial charge in [-0.2, -0.15) is 0 Å². The lowest BCUT2D eigenvalue weighted by molar-refractivity contribution is -0.118. The van der Waals surface area contributed by atoms with E-state index in [1.165, 1.54) is 12.8 Å². The van der Waals surface area contributed by atoms with E-state index in [-0.39, 0.29) is 24.4 Å². The average molecular weight is 336 g/mol. The van der Waals surface area contributed by atoms with Crippen molar-refractivity contribution in [3.05, 3.63) is 34.3 Å². The standard InChI is InChI=1S/C17H22ClN3O2/c1-10-6-12(18)4-5-13(10)17(23)20-15-8-21(9-16(19)22)7-14(15)11-2-3-11/h4-6,11,14-15H,2-3,7-9H2,1H3,(H2,19,22)(H,20,23)/t14-,15+/m1/s1. The SMILES string of the molecule is Cc1cc(Cl)ccc1C(=O)N[C@H]1CN(CC(N)=O)C[C@@H]1C1CC1. The van der Waals surface area contributed by atoms with Crippen LogP contribution in [0.25, 0.3) is 0 Å². The van der Waals surface area contributed by atoms with Gasteiger partial charge in [-0.15, -0.1) is 0 Å². The molecule has 3 N–H and O–H groups in total. The van der Waals surface area contributed by atoms with E-state index < -0.39 is 0 Å². The van der Waals surface area contributed by atoms with Gasteiger partial charge >= 0.3 is 0 Å². The van der Waals surface area contributed by atoms with Crippen molar-refractivity contribution in [2.75, 3.05) is 19.6 Å². The van der Waals surface area contributed by atoms with Crippen LogP contribution >= 0.6 is 11.6 Å². The normalized spacial score (nSPS) is 24.6. The van der Waals surface area contributed by atoms with Crippen LogP contribution in [0.15, 0.2) is 18.2 Å². The van der Waals surface area contributed by atoms with Crippen LogP contribution in [0.4, 0.5) is 0 Å². The number of primary amides is 1. The van der Waals surface area contributed by atoms with E-state index in [4.69, 9.17) is 17.3 Å². The zero-order valence-electron chi connectivity index (χ0n) is 13.2. The second kappa shape index (κ2) is 6.49. The Balaban J connectivity index is 1.69. The molecule has 0 radical (unpaired) electrons. The van der Waals surface area contributed by atoms with Gasteiger partial charge in [0.05, 0.1) is 6.54 Å². The summed E-state index contributed by atoms with van der Waals surface area (Å²) in [5.41, 5.74) is 6.82. The van der Waals surface area contributed by atoms with Crippen molar-refractivity contribution in [2.45, 2.75) is 25.8 Å². The highest BCUT2D eigenvalue weighted by Crippen LogP contribution is 2.41. The number of carbonyl (C=O) groups is 2. The van der Waals surface area contributed by atoms with E-state index in [9.17, 15) is 9.59 Å². The first kappa shape index (κ1) is 16.3. The first-order valence-corrected chi connectivity index (χ1v) is 8.39. The topological polar surface area (TPSA) is 75.4 Å². The smallest absolute Gasteiger partial charge is 0.251 e. The number of nitrogens with zero attached hydrogens (tertiary/aromatic N) is 1. The van der Waals surface area contributed by atoms with Gasteiger partial charge in [0, 0.05) is 29.7 Å². The van der Waals surface area contributed by atoms with Crippen LogP contribution in [0.2, 0.25) is 5.02 Å². The van der Waals surface area contributed by atoms with E-state index in [0.29, 0.717) is 29.0 Å². The third kappa shape index (κ3) is 3.85. The lowest BCUT2D eigenvalue weighted by atomic mass is 9.97. The molecule has 1 aliphatic heterocycles. The third-order valence-corrected chi connectivity index (χ3v) is 5.03. The van der Waals surface area contributed by atoms with E-state index in [0.717, 1.165) is 12.1 Å². The number of benzene rings is 1. The number of aryl methyl sites for hydroxylation is 1. The van der Waals surface area contributed by atoms with Crippen molar-refractivity contribution in [2.24, 2.45) is 17.6 Å². The highest BCUT2D eigenvalue weighted by atomic mass is 35.5. The Morgan fingerprint density at radius 1 is 1.35 bits per heavy atom. The number of likely N-dealkylation sites (tertiary alicyclic amines) is 1. The maximum Gasteiger partial charge on any atom is 0.251 e. The molecule has 2 atom stereocenters. The van der Waals surface area contributed by atoms with Crippen molar-refractivity contribution in [1.29, 1.82) is 0 Å². The van der Waals surface area contributed by atoms with Crippen molar-refractivity contribution < 1.29 is 9.59 Å². The predicted molar refractivity (Wildman–Crippen MR) is 89.3 cm³/mol. The van der Waals surface area contributed by atoms with Crippen molar-refractivity contribution in [3.63, 3.8) is 0 Å². The highest BCUT2D eigenvalue weighted by Gasteiger charge is 2.43. The maximum absolute atomic E-state index is 12.6. The first-order valence-electron chi connectivity index (χ1n) is 8.01. The number of nitrogens with one attached hydrogen (secondary N) is 1. The van der Waals surface area contributed by atoms with Gasteiger partial charge in [0.2, 0.25) is 5.91 Å². The molecular formula is C17H22ClN3O2. The summed E-state index contributed by atoms with van der Waals surface area (Å²) in [6, 6.07) is 5.36. The van der Waals surface area contributed by atoms with Crippen LogP contribution in [0.1, 0.15) is 28.8 Å². The summed E-state index contributed by atoms with van der Waals surface area (Å²) >= 11 is 5.95. The molecule has 2 fully saturated rings. The summed E-state index contributed by atoms with van der Waals surface area (Å²) in [7, 11) is 0. The number of rotatable bonds is 5. The molecule has 5 nitrogen and oxygen atoms in total. The van der Waals surface area contributed by atoms with Gasteiger partial charge in [-0.3, -0.25) is 14.5 Å². The lowest BCUT2D eigenvalue weighted by Crippen LogP contribution is -2.42. The molecule has 1 heterocycles. The highest BCUT2D eigenvalue weighted by molar-refractivity contribution is 6.30. The summed E-state index contributed by atoms with van der Waals surface area (Å²) < 4.78 is 0. The Bertz CT molecular complexity index is 630. The van der Waals surface area contributed by atoms with E-state index in [2.05, 4.69) is 5.32 Å². The van der Waals surface area contributed by atoms with Crippen LogP contribution in [0, 0.1) is 18.8 Å². The first-order chi connectivity index (χ1) is 10.9. The summed E-state index contributed by atoms with van der Waals surface area (Å²) in [6.07, 6.45) is 2.42. The fourth-order valence-corrected chi connectivity index (χ4v) is 3.77. The molecule has 2 amide bonds. The fourth-order valence-electron chi connectivity index (χ4n) is 3.55. The molecule has 3 rings (SSSR count). The maximum atomic E-state index is 12.6. The fraction of sp³-hybridized carbons (Fsp3) is 0.529. The van der Waals surface area contributed by atoms with Gasteiger partial charge in [0.25, 0.3) is 5.91 Å². The Kier molecular flexibility index (Phi) is 4.60. The second-order valence-electron chi connectivity index (χ2n) is 6.70. The molecule has 0 bridgehead atoms. The van der Waals surface area contributed by atoms with E-state index >= 15 is 0 Å². The van der Waals surface area contributed by atoms with Crippen molar-refractivity contribution >= 4 is 23.4 Å². The Morgan fingerprint density at radius 2 is 2.09 bits per heavy atom. The monoisotopic (exact) mass is 335 g/mol. The van der Waals surface area contributed by atoms with Gasteiger partial charge in [0.1, 0.15) is 0 Å². The largest absolute Gasteiger partial charge is 0.369 e. The molecular weight excluding hydrogens is 314 g/mol. The van der Waals surface area contributed by atoms with E-state index in [1.807, 2.05) is 11.8 Å². The summed E-state index contributed by atoms with van der Waals surface area (Å²) in [5.74, 6) is 0.672. The Hall–Kier alpha value is -1.59. The molecule has 2 aliphatic rings. The third-order valence-electron chi connectivity index (χ3n) is 4.80. The number of amides is 2. The second-order valence-corrected chi connectivity index (χ2v) is 7.14. The van der Waals surface area contributed by atoms with Gasteiger partial charge < -0.3 is 11.1 Å². The predicted octanol–water partition coefficient (Wildman–Crippen LogP) is 1.57. The minimum atomic E-state index is -0.319. The Labute approximate surface area is 141 Å². The number of hydrogen-bond donors (Lipinski definition) is 2. The van der Waals surface area contributed by atoms with Gasteiger partial charge in [0.15, 0.2) is 0 Å². The average Bonchev–Trinajstić information content (AvgIpc) is 3.22.